The minimum atomic E-state index is -0.975. The van der Waals surface area contributed by atoms with E-state index < -0.39 is 5.97 Å². The van der Waals surface area contributed by atoms with Crippen LogP contribution >= 0.6 is 11.8 Å². The Labute approximate surface area is 101 Å². The zero-order chi connectivity index (χ0) is 12.1. The van der Waals surface area contributed by atoms with Crippen LogP contribution < -0.4 is 0 Å². The summed E-state index contributed by atoms with van der Waals surface area (Å²) in [4.78, 5) is 14.7. The lowest BCUT2D eigenvalue weighted by Gasteiger charge is -2.00. The monoisotopic (exact) mass is 251 g/mol. The van der Waals surface area contributed by atoms with Crippen LogP contribution in [0, 0.1) is 0 Å². The summed E-state index contributed by atoms with van der Waals surface area (Å²) in [6, 6.07) is 5.62. The molecule has 2 heterocycles. The van der Waals surface area contributed by atoms with Crippen molar-refractivity contribution in [1.82, 2.24) is 25.2 Å². The van der Waals surface area contributed by atoms with E-state index in [9.17, 15) is 4.79 Å². The first kappa shape index (κ1) is 11.5. The van der Waals surface area contributed by atoms with Crippen LogP contribution in [0.3, 0.4) is 0 Å². The Hall–Kier alpha value is -1.96. The molecule has 2 aromatic rings. The number of thioether (sulfide) groups is 1. The summed E-state index contributed by atoms with van der Waals surface area (Å²) in [5, 5.41) is 19.9. The molecule has 88 valence electrons. The minimum absolute atomic E-state index is 0.239. The minimum Gasteiger partial charge on any atom is -0.480 e. The molecule has 0 bridgehead atoms. The molecule has 0 unspecified atom stereocenters. The first-order valence-electron chi connectivity index (χ1n) is 4.76. The van der Waals surface area contributed by atoms with Crippen molar-refractivity contribution in [1.29, 1.82) is 0 Å². The number of carbonyl (C=O) groups is 1. The van der Waals surface area contributed by atoms with Gasteiger partial charge in [-0.2, -0.15) is 0 Å². The van der Waals surface area contributed by atoms with Crippen LogP contribution in [0.1, 0.15) is 5.69 Å². The molecular formula is C9H9N5O2S. The van der Waals surface area contributed by atoms with Crippen LogP contribution in [0.15, 0.2) is 29.6 Å². The molecule has 0 aliphatic carbocycles. The van der Waals surface area contributed by atoms with E-state index in [1.165, 1.54) is 16.4 Å². The fourth-order valence-corrected chi connectivity index (χ4v) is 1.94. The average Bonchev–Trinajstić information content (AvgIpc) is 2.74. The van der Waals surface area contributed by atoms with Gasteiger partial charge >= 0.3 is 5.97 Å². The lowest BCUT2D eigenvalue weighted by atomic mass is 10.4. The maximum atomic E-state index is 10.6. The van der Waals surface area contributed by atoms with E-state index >= 15 is 0 Å². The molecule has 0 aliphatic heterocycles. The second-order valence-electron chi connectivity index (χ2n) is 3.12. The van der Waals surface area contributed by atoms with Gasteiger partial charge in [-0.25, -0.2) is 4.68 Å². The number of nitrogens with zero attached hydrogens (tertiary/aromatic N) is 5. The van der Waals surface area contributed by atoms with Gasteiger partial charge in [0.05, 0.1) is 5.69 Å². The molecule has 2 rings (SSSR count). The number of tetrazole rings is 1. The third kappa shape index (κ3) is 3.25. The van der Waals surface area contributed by atoms with Crippen molar-refractivity contribution < 1.29 is 9.90 Å². The zero-order valence-corrected chi connectivity index (χ0v) is 9.54. The standard InChI is InChI=1S/C9H9N5O2S/c15-8(16)5-14-9(11-12-13-14)17-6-7-3-1-2-4-10-7/h1-4H,5-6H2,(H,15,16). The van der Waals surface area contributed by atoms with E-state index in [0.29, 0.717) is 10.9 Å². The topological polar surface area (TPSA) is 93.8 Å². The molecule has 0 radical (unpaired) electrons. The molecule has 0 amide bonds. The fourth-order valence-electron chi connectivity index (χ4n) is 1.15. The Balaban J connectivity index is 2.00. The summed E-state index contributed by atoms with van der Waals surface area (Å²) in [6.07, 6.45) is 1.70. The predicted octanol–water partition coefficient (Wildman–Crippen LogP) is 0.445. The predicted molar refractivity (Wildman–Crippen MR) is 59.3 cm³/mol. The second kappa shape index (κ2) is 5.39. The van der Waals surface area contributed by atoms with Crippen molar-refractivity contribution in [3.8, 4) is 0 Å². The molecule has 0 fully saturated rings. The van der Waals surface area contributed by atoms with Crippen LogP contribution in [0.4, 0.5) is 0 Å². The molecule has 17 heavy (non-hydrogen) atoms. The summed E-state index contributed by atoms with van der Waals surface area (Å²) >= 11 is 1.35. The Bertz CT molecular complexity index is 501. The Morgan fingerprint density at radius 3 is 3.06 bits per heavy atom. The molecular weight excluding hydrogens is 242 g/mol. The van der Waals surface area contributed by atoms with Crippen molar-refractivity contribution in [2.45, 2.75) is 17.5 Å². The Morgan fingerprint density at radius 2 is 2.35 bits per heavy atom. The highest BCUT2D eigenvalue weighted by atomic mass is 32.2. The lowest BCUT2D eigenvalue weighted by Crippen LogP contribution is -2.11. The average molecular weight is 251 g/mol. The van der Waals surface area contributed by atoms with E-state index in [4.69, 9.17) is 5.11 Å². The van der Waals surface area contributed by atoms with Crippen molar-refractivity contribution in [3.63, 3.8) is 0 Å². The lowest BCUT2D eigenvalue weighted by molar-refractivity contribution is -0.138. The molecule has 0 atom stereocenters. The molecule has 0 aromatic carbocycles. The van der Waals surface area contributed by atoms with Gasteiger partial charge in [-0.05, 0) is 22.6 Å². The van der Waals surface area contributed by atoms with Crippen LogP contribution in [0.25, 0.3) is 0 Å². The summed E-state index contributed by atoms with van der Waals surface area (Å²) in [7, 11) is 0. The Morgan fingerprint density at radius 1 is 1.47 bits per heavy atom. The number of carboxylic acids is 1. The summed E-state index contributed by atoms with van der Waals surface area (Å²) in [5.41, 5.74) is 0.891. The van der Waals surface area contributed by atoms with Gasteiger partial charge in [0.25, 0.3) is 0 Å². The van der Waals surface area contributed by atoms with Crippen molar-refractivity contribution >= 4 is 17.7 Å². The first-order valence-corrected chi connectivity index (χ1v) is 5.75. The van der Waals surface area contributed by atoms with Crippen molar-refractivity contribution in [2.24, 2.45) is 0 Å². The highest BCUT2D eigenvalue weighted by Gasteiger charge is 2.10. The van der Waals surface area contributed by atoms with Crippen molar-refractivity contribution in [3.05, 3.63) is 30.1 Å². The van der Waals surface area contributed by atoms with Gasteiger partial charge in [0.15, 0.2) is 0 Å². The summed E-state index contributed by atoms with van der Waals surface area (Å²) in [6.45, 7) is -0.239. The molecule has 0 saturated carbocycles. The second-order valence-corrected chi connectivity index (χ2v) is 4.07. The molecule has 1 N–H and O–H groups in total. The van der Waals surface area contributed by atoms with Crippen molar-refractivity contribution in [2.75, 3.05) is 0 Å². The maximum absolute atomic E-state index is 10.6. The maximum Gasteiger partial charge on any atom is 0.325 e. The van der Waals surface area contributed by atoms with E-state index in [2.05, 4.69) is 20.5 Å². The quantitative estimate of drug-likeness (QED) is 0.771. The van der Waals surface area contributed by atoms with Crippen LogP contribution in [0.5, 0.6) is 0 Å². The number of rotatable bonds is 5. The SMILES string of the molecule is O=C(O)Cn1nnnc1SCc1ccccn1. The first-order chi connectivity index (χ1) is 8.25. The molecule has 8 heteroatoms. The summed E-state index contributed by atoms with van der Waals surface area (Å²) in [5.74, 6) is -0.377. The van der Waals surface area contributed by atoms with Gasteiger partial charge in [-0.1, -0.05) is 17.8 Å². The number of carboxylic acid groups (broad SMARTS) is 1. The third-order valence-corrected chi connectivity index (χ3v) is 2.85. The molecule has 2 aromatic heterocycles. The van der Waals surface area contributed by atoms with Gasteiger partial charge in [0.2, 0.25) is 5.16 Å². The van der Waals surface area contributed by atoms with E-state index in [1.807, 2.05) is 18.2 Å². The number of hydrogen-bond acceptors (Lipinski definition) is 6. The smallest absolute Gasteiger partial charge is 0.325 e. The molecule has 0 aliphatic rings. The normalized spacial score (nSPS) is 10.4. The molecule has 0 saturated heterocycles. The van der Waals surface area contributed by atoms with Gasteiger partial charge in [0.1, 0.15) is 6.54 Å². The molecule has 7 nitrogen and oxygen atoms in total. The van der Waals surface area contributed by atoms with Crippen LogP contribution in [-0.4, -0.2) is 36.3 Å². The van der Waals surface area contributed by atoms with Gasteiger partial charge < -0.3 is 5.11 Å². The summed E-state index contributed by atoms with van der Waals surface area (Å²) < 4.78 is 1.25. The number of pyridine rings is 1. The number of aromatic nitrogens is 5. The van der Waals surface area contributed by atoms with Crippen LogP contribution in [0.2, 0.25) is 0 Å². The highest BCUT2D eigenvalue weighted by molar-refractivity contribution is 7.98. The van der Waals surface area contributed by atoms with Gasteiger partial charge in [0, 0.05) is 11.9 Å². The van der Waals surface area contributed by atoms with E-state index in [1.54, 1.807) is 6.20 Å². The van der Waals surface area contributed by atoms with E-state index in [0.717, 1.165) is 5.69 Å². The zero-order valence-electron chi connectivity index (χ0n) is 8.72. The molecule has 0 spiro atoms. The van der Waals surface area contributed by atoms with E-state index in [-0.39, 0.29) is 6.54 Å². The third-order valence-electron chi connectivity index (χ3n) is 1.86. The van der Waals surface area contributed by atoms with Gasteiger partial charge in [-0.3, -0.25) is 9.78 Å². The number of aliphatic carboxylic acids is 1. The Kier molecular flexibility index (Phi) is 3.66. The number of hydrogen-bond donors (Lipinski definition) is 1. The van der Waals surface area contributed by atoms with Crippen LogP contribution in [-0.2, 0) is 17.1 Å². The van der Waals surface area contributed by atoms with Gasteiger partial charge in [-0.15, -0.1) is 5.10 Å². The highest BCUT2D eigenvalue weighted by Crippen LogP contribution is 2.18. The fraction of sp³-hybridized carbons (Fsp3) is 0.222. The largest absolute Gasteiger partial charge is 0.480 e.